The van der Waals surface area contributed by atoms with Crippen molar-refractivity contribution >= 4 is 17.9 Å². The van der Waals surface area contributed by atoms with Crippen LogP contribution in [0.4, 0.5) is 0 Å². The Morgan fingerprint density at radius 2 is 0.641 bits per heavy atom. The molecule has 0 aliphatic heterocycles. The van der Waals surface area contributed by atoms with Crippen molar-refractivity contribution in [1.82, 2.24) is 0 Å². The van der Waals surface area contributed by atoms with E-state index < -0.39 is 6.10 Å². The van der Waals surface area contributed by atoms with Crippen molar-refractivity contribution < 1.29 is 28.6 Å². The Morgan fingerprint density at radius 3 is 1.08 bits per heavy atom. The maximum absolute atomic E-state index is 12.8. The molecule has 0 saturated heterocycles. The van der Waals surface area contributed by atoms with E-state index in [-0.39, 0.29) is 44.0 Å². The number of carbonyl (C=O) groups excluding carboxylic acids is 3. The molecule has 6 heteroatoms. The standard InChI is InChI=1S/C58H86O6/c1-4-7-10-13-16-19-22-25-27-29-31-33-36-39-42-45-48-51-57(60)63-54-55(53-62-56(59)50-47-44-41-38-35-32-24-21-18-15-12-9-6-3)64-58(61)52-49-46-43-40-37-34-30-28-26-23-20-17-14-11-8-5-2/h7-13,15-22,24-29,31-33,35-36,55H,4-6,14,23,30,34,37-54H2,1-3H3/b10-7-,11-8-,12-9-,16-13-,18-15-,20-17-,22-19-,24-21-,27-25-,28-26-,31-29+,35-32-,36-33-. The molecule has 0 aromatic rings. The van der Waals surface area contributed by atoms with Gasteiger partial charge in [-0.3, -0.25) is 14.4 Å². The molecule has 64 heavy (non-hydrogen) atoms. The Labute approximate surface area is 390 Å². The largest absolute Gasteiger partial charge is 0.462 e. The third-order valence-corrected chi connectivity index (χ3v) is 9.51. The lowest BCUT2D eigenvalue weighted by Crippen LogP contribution is -2.30. The monoisotopic (exact) mass is 879 g/mol. The maximum Gasteiger partial charge on any atom is 0.306 e. The van der Waals surface area contributed by atoms with E-state index >= 15 is 0 Å². The zero-order valence-electron chi connectivity index (χ0n) is 40.2. The van der Waals surface area contributed by atoms with Gasteiger partial charge in [0.2, 0.25) is 0 Å². The smallest absolute Gasteiger partial charge is 0.306 e. The maximum atomic E-state index is 12.8. The Balaban J connectivity index is 4.60. The Hall–Kier alpha value is -4.97. The molecule has 0 radical (unpaired) electrons. The fourth-order valence-electron chi connectivity index (χ4n) is 5.91. The molecule has 0 aliphatic carbocycles. The Bertz CT molecular complexity index is 1520. The van der Waals surface area contributed by atoms with Gasteiger partial charge in [0.1, 0.15) is 13.2 Å². The number of carbonyl (C=O) groups is 3. The van der Waals surface area contributed by atoms with Gasteiger partial charge in [0, 0.05) is 19.3 Å². The average molecular weight is 879 g/mol. The number of ether oxygens (including phenoxy) is 3. The lowest BCUT2D eigenvalue weighted by Gasteiger charge is -2.18. The van der Waals surface area contributed by atoms with E-state index in [0.717, 1.165) is 109 Å². The Morgan fingerprint density at radius 1 is 0.328 bits per heavy atom. The number of esters is 3. The summed E-state index contributed by atoms with van der Waals surface area (Å²) in [6.45, 7) is 6.12. The van der Waals surface area contributed by atoms with Gasteiger partial charge in [-0.15, -0.1) is 0 Å². The van der Waals surface area contributed by atoms with Crippen LogP contribution in [0.15, 0.2) is 158 Å². The van der Waals surface area contributed by atoms with Crippen LogP contribution in [0.3, 0.4) is 0 Å². The van der Waals surface area contributed by atoms with Crippen LogP contribution in [0.25, 0.3) is 0 Å². The average Bonchev–Trinajstić information content (AvgIpc) is 3.29. The molecule has 0 saturated carbocycles. The molecule has 1 atom stereocenters. The first-order valence-corrected chi connectivity index (χ1v) is 24.6. The minimum absolute atomic E-state index is 0.127. The fraction of sp³-hybridized carbons (Fsp3) is 0.500. The number of allylic oxidation sites excluding steroid dienone is 26. The predicted molar refractivity (Wildman–Crippen MR) is 274 cm³/mol. The number of unbranched alkanes of at least 4 members (excludes halogenated alkanes) is 12. The lowest BCUT2D eigenvalue weighted by atomic mass is 10.1. The minimum atomic E-state index is -0.827. The lowest BCUT2D eigenvalue weighted by molar-refractivity contribution is -0.167. The van der Waals surface area contributed by atoms with E-state index in [2.05, 4.69) is 81.5 Å². The van der Waals surface area contributed by atoms with E-state index in [0.29, 0.717) is 12.8 Å². The molecule has 0 spiro atoms. The van der Waals surface area contributed by atoms with E-state index in [4.69, 9.17) is 14.2 Å². The molecular formula is C58H86O6. The van der Waals surface area contributed by atoms with Crippen molar-refractivity contribution in [2.24, 2.45) is 0 Å². The summed E-state index contributed by atoms with van der Waals surface area (Å²) >= 11 is 0. The summed E-state index contributed by atoms with van der Waals surface area (Å²) in [4.78, 5) is 37.9. The molecule has 0 rings (SSSR count). The number of hydrogen-bond acceptors (Lipinski definition) is 6. The van der Waals surface area contributed by atoms with Crippen LogP contribution >= 0.6 is 0 Å². The van der Waals surface area contributed by atoms with Gasteiger partial charge in [-0.05, 0) is 89.9 Å². The number of rotatable bonds is 41. The first kappa shape index (κ1) is 59.0. The third kappa shape index (κ3) is 48.1. The van der Waals surface area contributed by atoms with E-state index in [9.17, 15) is 14.4 Å². The van der Waals surface area contributed by atoms with Gasteiger partial charge >= 0.3 is 17.9 Å². The van der Waals surface area contributed by atoms with E-state index in [1.165, 1.54) is 12.8 Å². The molecule has 354 valence electrons. The van der Waals surface area contributed by atoms with Gasteiger partial charge in [0.25, 0.3) is 0 Å². The highest BCUT2D eigenvalue weighted by molar-refractivity contribution is 5.71. The highest BCUT2D eigenvalue weighted by atomic mass is 16.6. The van der Waals surface area contributed by atoms with Gasteiger partial charge in [-0.25, -0.2) is 0 Å². The second-order valence-corrected chi connectivity index (χ2v) is 15.5. The summed E-state index contributed by atoms with van der Waals surface area (Å²) in [5, 5.41) is 0. The van der Waals surface area contributed by atoms with Crippen LogP contribution in [0.2, 0.25) is 0 Å². The highest BCUT2D eigenvalue weighted by Gasteiger charge is 2.19. The topological polar surface area (TPSA) is 78.9 Å². The molecule has 0 fully saturated rings. The van der Waals surface area contributed by atoms with Gasteiger partial charge < -0.3 is 14.2 Å². The molecule has 0 aromatic heterocycles. The molecule has 0 bridgehead atoms. The van der Waals surface area contributed by atoms with Crippen molar-refractivity contribution in [3.63, 3.8) is 0 Å². The van der Waals surface area contributed by atoms with Crippen molar-refractivity contribution in [3.8, 4) is 0 Å². The summed E-state index contributed by atoms with van der Waals surface area (Å²) in [5.41, 5.74) is 0. The first-order valence-electron chi connectivity index (χ1n) is 24.6. The van der Waals surface area contributed by atoms with Gasteiger partial charge in [0.05, 0.1) is 0 Å². The molecule has 0 N–H and O–H groups in total. The van der Waals surface area contributed by atoms with Gasteiger partial charge in [-0.1, -0.05) is 217 Å². The molecule has 1 unspecified atom stereocenters. The van der Waals surface area contributed by atoms with Crippen LogP contribution in [0.1, 0.15) is 168 Å². The second-order valence-electron chi connectivity index (χ2n) is 15.5. The van der Waals surface area contributed by atoms with Crippen LogP contribution in [-0.2, 0) is 28.6 Å². The van der Waals surface area contributed by atoms with Crippen molar-refractivity contribution in [3.05, 3.63) is 158 Å². The van der Waals surface area contributed by atoms with Crippen LogP contribution in [0, 0.1) is 0 Å². The summed E-state index contributed by atoms with van der Waals surface area (Å²) in [7, 11) is 0. The number of hydrogen-bond donors (Lipinski definition) is 0. The van der Waals surface area contributed by atoms with E-state index in [1.807, 2.05) is 97.2 Å². The van der Waals surface area contributed by atoms with E-state index in [1.54, 1.807) is 0 Å². The zero-order chi connectivity index (χ0) is 46.5. The quantitative estimate of drug-likeness (QED) is 0.0200. The zero-order valence-corrected chi connectivity index (χ0v) is 40.2. The summed E-state index contributed by atoms with van der Waals surface area (Å²) < 4.78 is 16.7. The molecule has 0 amide bonds. The van der Waals surface area contributed by atoms with Crippen molar-refractivity contribution in [2.45, 2.75) is 175 Å². The molecular weight excluding hydrogens is 793 g/mol. The summed E-state index contributed by atoms with van der Waals surface area (Å²) in [5.74, 6) is -1.04. The normalized spacial score (nSPS) is 13.5. The van der Waals surface area contributed by atoms with Gasteiger partial charge in [0.15, 0.2) is 6.10 Å². The second kappa shape index (κ2) is 50.7. The molecule has 0 aliphatic rings. The Kier molecular flexibility index (Phi) is 46.7. The SMILES string of the molecule is CC\C=C/C=C\C=C/C=C\C=C\C=C/CCCCCC(=O)OCC(COC(=O)CCCCC\C=C/C=C\C=C/C=C\CC)OC(=O)CCCCCCCC/C=C\C/C=C\C/C=C\CC. The molecule has 6 nitrogen and oxygen atoms in total. The highest BCUT2D eigenvalue weighted by Crippen LogP contribution is 2.12. The molecule has 0 heterocycles. The van der Waals surface area contributed by atoms with Crippen molar-refractivity contribution in [1.29, 1.82) is 0 Å². The summed E-state index contributed by atoms with van der Waals surface area (Å²) in [6.07, 6.45) is 73.6. The first-order chi connectivity index (χ1) is 31.5. The third-order valence-electron chi connectivity index (χ3n) is 9.51. The minimum Gasteiger partial charge on any atom is -0.462 e. The predicted octanol–water partition coefficient (Wildman–Crippen LogP) is 16.2. The van der Waals surface area contributed by atoms with Crippen molar-refractivity contribution in [2.75, 3.05) is 13.2 Å². The molecule has 0 aromatic carbocycles. The van der Waals surface area contributed by atoms with Crippen LogP contribution in [0.5, 0.6) is 0 Å². The summed E-state index contributed by atoms with van der Waals surface area (Å²) in [6, 6.07) is 0. The van der Waals surface area contributed by atoms with Crippen LogP contribution in [-0.4, -0.2) is 37.2 Å². The fourth-order valence-corrected chi connectivity index (χ4v) is 5.91. The van der Waals surface area contributed by atoms with Crippen LogP contribution < -0.4 is 0 Å². The van der Waals surface area contributed by atoms with Gasteiger partial charge in [-0.2, -0.15) is 0 Å².